The molecule has 0 aliphatic rings. The third-order valence-electron chi connectivity index (χ3n) is 2.94. The van der Waals surface area contributed by atoms with E-state index >= 15 is 0 Å². The third kappa shape index (κ3) is 3.57. The smallest absolute Gasteiger partial charge is 0.226 e. The minimum Gasteiger partial charge on any atom is -0.441 e. The highest BCUT2D eigenvalue weighted by molar-refractivity contribution is 7.13. The van der Waals surface area contributed by atoms with Gasteiger partial charge in [-0.05, 0) is 12.1 Å². The van der Waals surface area contributed by atoms with Gasteiger partial charge in [-0.25, -0.2) is 13.8 Å². The normalized spacial score (nSPS) is 10.7. The molecule has 2 heterocycles. The number of halogens is 2. The lowest BCUT2D eigenvalue weighted by atomic mass is 10.1. The van der Waals surface area contributed by atoms with Crippen LogP contribution in [0.25, 0.3) is 11.3 Å². The maximum absolute atomic E-state index is 13.7. The molecule has 118 valence electrons. The zero-order chi connectivity index (χ0) is 16.2. The number of oxazole rings is 1. The van der Waals surface area contributed by atoms with Crippen molar-refractivity contribution >= 4 is 22.4 Å². The molecule has 0 saturated heterocycles. The van der Waals surface area contributed by atoms with Crippen LogP contribution in [0.15, 0.2) is 34.3 Å². The molecule has 0 spiro atoms. The van der Waals surface area contributed by atoms with Crippen LogP contribution in [0, 0.1) is 11.6 Å². The van der Waals surface area contributed by atoms with E-state index in [4.69, 9.17) is 4.42 Å². The quantitative estimate of drug-likeness (QED) is 0.774. The lowest BCUT2D eigenvalue weighted by Gasteiger charge is -2.00. The van der Waals surface area contributed by atoms with Crippen molar-refractivity contribution in [2.45, 2.75) is 12.8 Å². The van der Waals surface area contributed by atoms with Crippen LogP contribution in [-0.4, -0.2) is 21.1 Å². The summed E-state index contributed by atoms with van der Waals surface area (Å²) >= 11 is 1.20. The number of aromatic nitrogens is 3. The zero-order valence-corrected chi connectivity index (χ0v) is 12.4. The Bertz CT molecular complexity index is 800. The van der Waals surface area contributed by atoms with Crippen LogP contribution in [0.1, 0.15) is 12.3 Å². The molecular weight excluding hydrogens is 326 g/mol. The van der Waals surface area contributed by atoms with Gasteiger partial charge in [-0.3, -0.25) is 4.79 Å². The number of carbonyl (C=O) groups is 1. The Morgan fingerprint density at radius 2 is 2.09 bits per heavy atom. The summed E-state index contributed by atoms with van der Waals surface area (Å²) in [4.78, 5) is 15.6. The SMILES string of the molecule is O=C(CCc1ncc(-c2c(F)cccc2F)o1)Nc1nncs1. The maximum Gasteiger partial charge on any atom is 0.226 e. The van der Waals surface area contributed by atoms with E-state index in [1.165, 1.54) is 29.1 Å². The summed E-state index contributed by atoms with van der Waals surface area (Å²) in [5.41, 5.74) is 1.23. The van der Waals surface area contributed by atoms with E-state index in [9.17, 15) is 13.6 Å². The van der Waals surface area contributed by atoms with Gasteiger partial charge >= 0.3 is 0 Å². The van der Waals surface area contributed by atoms with E-state index < -0.39 is 11.6 Å². The summed E-state index contributed by atoms with van der Waals surface area (Å²) in [6, 6.07) is 3.54. The number of amides is 1. The van der Waals surface area contributed by atoms with Gasteiger partial charge in [0.25, 0.3) is 0 Å². The summed E-state index contributed by atoms with van der Waals surface area (Å²) in [7, 11) is 0. The van der Waals surface area contributed by atoms with Crippen molar-refractivity contribution in [2.75, 3.05) is 5.32 Å². The molecule has 0 aliphatic carbocycles. The van der Waals surface area contributed by atoms with Gasteiger partial charge in [0.05, 0.1) is 11.8 Å². The van der Waals surface area contributed by atoms with Gasteiger partial charge in [-0.15, -0.1) is 10.2 Å². The first-order chi connectivity index (χ1) is 11.1. The number of nitrogens with zero attached hydrogens (tertiary/aromatic N) is 3. The molecule has 23 heavy (non-hydrogen) atoms. The number of benzene rings is 1. The highest BCUT2D eigenvalue weighted by Gasteiger charge is 2.16. The average Bonchev–Trinajstić information content (AvgIpc) is 3.17. The summed E-state index contributed by atoms with van der Waals surface area (Å²) in [6.45, 7) is 0. The van der Waals surface area contributed by atoms with Crippen molar-refractivity contribution in [1.82, 2.24) is 15.2 Å². The van der Waals surface area contributed by atoms with Crippen LogP contribution < -0.4 is 5.32 Å². The number of aryl methyl sites for hydroxylation is 1. The van der Waals surface area contributed by atoms with Crippen molar-refractivity contribution in [3.05, 3.63) is 47.4 Å². The molecule has 1 aromatic carbocycles. The molecular formula is C14H10F2N4O2S. The lowest BCUT2D eigenvalue weighted by Crippen LogP contribution is -2.12. The van der Waals surface area contributed by atoms with Crippen molar-refractivity contribution in [3.8, 4) is 11.3 Å². The number of hydrogen-bond acceptors (Lipinski definition) is 6. The Labute approximate surface area is 133 Å². The Hall–Kier alpha value is -2.68. The molecule has 2 aromatic heterocycles. The van der Waals surface area contributed by atoms with Gasteiger partial charge in [-0.1, -0.05) is 17.4 Å². The number of anilines is 1. The monoisotopic (exact) mass is 336 g/mol. The highest BCUT2D eigenvalue weighted by atomic mass is 32.1. The van der Waals surface area contributed by atoms with Gasteiger partial charge < -0.3 is 9.73 Å². The first-order valence-corrected chi connectivity index (χ1v) is 7.46. The summed E-state index contributed by atoms with van der Waals surface area (Å²) in [5, 5.41) is 10.3. The first kappa shape index (κ1) is 15.2. The van der Waals surface area contributed by atoms with Crippen LogP contribution in [0.4, 0.5) is 13.9 Å². The number of nitrogens with one attached hydrogen (secondary N) is 1. The summed E-state index contributed by atoms with van der Waals surface area (Å²) in [5.74, 6) is -1.54. The molecule has 6 nitrogen and oxygen atoms in total. The van der Waals surface area contributed by atoms with E-state index in [-0.39, 0.29) is 36.0 Å². The molecule has 1 N–H and O–H groups in total. The van der Waals surface area contributed by atoms with E-state index in [1.807, 2.05) is 0 Å². The maximum atomic E-state index is 13.7. The van der Waals surface area contributed by atoms with Crippen molar-refractivity contribution in [3.63, 3.8) is 0 Å². The number of carbonyl (C=O) groups excluding carboxylic acids is 1. The second-order valence-corrected chi connectivity index (χ2v) is 5.34. The molecule has 0 atom stereocenters. The summed E-state index contributed by atoms with van der Waals surface area (Å²) in [6.07, 6.45) is 1.53. The van der Waals surface area contributed by atoms with Crippen LogP contribution in [0.2, 0.25) is 0 Å². The predicted molar refractivity (Wildman–Crippen MR) is 78.7 cm³/mol. The van der Waals surface area contributed by atoms with Crippen molar-refractivity contribution < 1.29 is 18.0 Å². The average molecular weight is 336 g/mol. The van der Waals surface area contributed by atoms with Crippen LogP contribution in [-0.2, 0) is 11.2 Å². The molecule has 0 bridgehead atoms. The topological polar surface area (TPSA) is 80.9 Å². The van der Waals surface area contributed by atoms with Gasteiger partial charge in [0.15, 0.2) is 11.7 Å². The van der Waals surface area contributed by atoms with Gasteiger partial charge in [0.1, 0.15) is 17.1 Å². The Morgan fingerprint density at radius 3 is 2.78 bits per heavy atom. The molecule has 3 rings (SSSR count). The summed E-state index contributed by atoms with van der Waals surface area (Å²) < 4.78 is 32.7. The molecule has 0 fully saturated rings. The van der Waals surface area contributed by atoms with Crippen LogP contribution >= 0.6 is 11.3 Å². The Kier molecular flexibility index (Phi) is 4.38. The van der Waals surface area contributed by atoms with E-state index in [1.54, 1.807) is 0 Å². The number of rotatable bonds is 5. The predicted octanol–water partition coefficient (Wildman–Crippen LogP) is 3.04. The van der Waals surface area contributed by atoms with Crippen molar-refractivity contribution in [1.29, 1.82) is 0 Å². The molecule has 0 saturated carbocycles. The van der Waals surface area contributed by atoms with E-state index in [2.05, 4.69) is 20.5 Å². The molecule has 0 radical (unpaired) electrons. The standard InChI is InChI=1S/C14H10F2N4O2S/c15-8-2-1-3-9(16)13(8)10-6-17-12(22-10)5-4-11(21)19-14-20-18-7-23-14/h1-3,6-7H,4-5H2,(H,19,20,21). The van der Waals surface area contributed by atoms with Crippen molar-refractivity contribution in [2.24, 2.45) is 0 Å². The fourth-order valence-corrected chi connectivity index (χ4v) is 2.37. The molecule has 9 heteroatoms. The van der Waals surface area contributed by atoms with Crippen LogP contribution in [0.3, 0.4) is 0 Å². The minimum atomic E-state index is -0.735. The Balaban J connectivity index is 1.65. The van der Waals surface area contributed by atoms with Crippen LogP contribution in [0.5, 0.6) is 0 Å². The molecule has 1 amide bonds. The minimum absolute atomic E-state index is 0.0138. The fraction of sp³-hybridized carbons (Fsp3) is 0.143. The third-order valence-corrected chi connectivity index (χ3v) is 3.54. The second-order valence-electron chi connectivity index (χ2n) is 4.51. The van der Waals surface area contributed by atoms with Gasteiger partial charge in [0, 0.05) is 12.8 Å². The van der Waals surface area contributed by atoms with Gasteiger partial charge in [0.2, 0.25) is 11.0 Å². The molecule has 0 aliphatic heterocycles. The fourth-order valence-electron chi connectivity index (χ4n) is 1.90. The lowest BCUT2D eigenvalue weighted by molar-refractivity contribution is -0.116. The Morgan fingerprint density at radius 1 is 1.30 bits per heavy atom. The van der Waals surface area contributed by atoms with E-state index in [0.29, 0.717) is 5.13 Å². The second kappa shape index (κ2) is 6.61. The van der Waals surface area contributed by atoms with Gasteiger partial charge in [-0.2, -0.15) is 0 Å². The first-order valence-electron chi connectivity index (χ1n) is 6.58. The van der Waals surface area contributed by atoms with E-state index in [0.717, 1.165) is 12.1 Å². The zero-order valence-electron chi connectivity index (χ0n) is 11.6. The molecule has 0 unspecified atom stereocenters. The largest absolute Gasteiger partial charge is 0.441 e. The highest BCUT2D eigenvalue weighted by Crippen LogP contribution is 2.26. The number of hydrogen-bond donors (Lipinski definition) is 1. The molecule has 3 aromatic rings.